The quantitative estimate of drug-likeness (QED) is 0.816. The SMILES string of the molecule is CCOC(CC)(CC)C(O)Cc1cccc(Cl)c1. The monoisotopic (exact) mass is 270 g/mol. The standard InChI is InChI=1S/C15H23ClO2/c1-4-15(5-2,18-6-3)14(17)11-12-8-7-9-13(16)10-12/h7-10,14,17H,4-6,11H2,1-3H3. The Labute approximate surface area is 115 Å². The second-order valence-corrected chi connectivity index (χ2v) is 4.99. The van der Waals surface area contributed by atoms with Crippen molar-refractivity contribution in [1.82, 2.24) is 0 Å². The molecule has 0 aliphatic heterocycles. The fraction of sp³-hybridized carbons (Fsp3) is 0.600. The Balaban J connectivity index is 2.81. The molecule has 1 N–H and O–H groups in total. The van der Waals surface area contributed by atoms with Gasteiger partial charge in [-0.05, 0) is 37.5 Å². The van der Waals surface area contributed by atoms with Gasteiger partial charge in [0.2, 0.25) is 0 Å². The van der Waals surface area contributed by atoms with Crippen LogP contribution in [0.25, 0.3) is 0 Å². The van der Waals surface area contributed by atoms with Gasteiger partial charge >= 0.3 is 0 Å². The summed E-state index contributed by atoms with van der Waals surface area (Å²) in [6, 6.07) is 7.63. The maximum absolute atomic E-state index is 10.5. The Morgan fingerprint density at radius 2 is 1.94 bits per heavy atom. The smallest absolute Gasteiger partial charge is 0.0938 e. The summed E-state index contributed by atoms with van der Waals surface area (Å²) < 4.78 is 5.81. The van der Waals surface area contributed by atoms with Crippen LogP contribution in [0.3, 0.4) is 0 Å². The Kier molecular flexibility index (Phi) is 6.13. The third-order valence-electron chi connectivity index (χ3n) is 3.55. The van der Waals surface area contributed by atoms with Gasteiger partial charge in [0.15, 0.2) is 0 Å². The third-order valence-corrected chi connectivity index (χ3v) is 3.79. The van der Waals surface area contributed by atoms with Gasteiger partial charge in [-0.2, -0.15) is 0 Å². The van der Waals surface area contributed by atoms with Gasteiger partial charge in [-0.15, -0.1) is 0 Å². The van der Waals surface area contributed by atoms with Crippen LogP contribution in [-0.4, -0.2) is 23.4 Å². The molecule has 0 fully saturated rings. The van der Waals surface area contributed by atoms with Crippen molar-refractivity contribution >= 4 is 11.6 Å². The van der Waals surface area contributed by atoms with Crippen molar-refractivity contribution in [3.05, 3.63) is 34.9 Å². The Morgan fingerprint density at radius 1 is 1.28 bits per heavy atom. The fourth-order valence-electron chi connectivity index (χ4n) is 2.38. The molecule has 18 heavy (non-hydrogen) atoms. The van der Waals surface area contributed by atoms with Crippen molar-refractivity contribution in [2.24, 2.45) is 0 Å². The molecule has 1 aromatic rings. The molecule has 0 amide bonds. The van der Waals surface area contributed by atoms with E-state index in [9.17, 15) is 5.11 Å². The summed E-state index contributed by atoms with van der Waals surface area (Å²) in [5.41, 5.74) is 0.595. The van der Waals surface area contributed by atoms with Gasteiger partial charge in [0.1, 0.15) is 0 Å². The molecule has 0 saturated heterocycles. The molecule has 1 atom stereocenters. The minimum absolute atomic E-state index is 0.447. The summed E-state index contributed by atoms with van der Waals surface area (Å²) in [7, 11) is 0. The molecule has 0 radical (unpaired) electrons. The lowest BCUT2D eigenvalue weighted by molar-refractivity contribution is -0.124. The fourth-order valence-corrected chi connectivity index (χ4v) is 2.60. The molecule has 0 bridgehead atoms. The Bertz CT molecular complexity index is 361. The first-order chi connectivity index (χ1) is 8.57. The molecule has 1 rings (SSSR count). The molecule has 0 aromatic heterocycles. The number of hydrogen-bond donors (Lipinski definition) is 1. The van der Waals surface area contributed by atoms with E-state index >= 15 is 0 Å². The van der Waals surface area contributed by atoms with Crippen LogP contribution in [0.4, 0.5) is 0 Å². The molecule has 0 aliphatic rings. The summed E-state index contributed by atoms with van der Waals surface area (Å²) in [4.78, 5) is 0. The predicted molar refractivity (Wildman–Crippen MR) is 76.1 cm³/mol. The number of ether oxygens (including phenoxy) is 1. The van der Waals surface area contributed by atoms with E-state index in [-0.39, 0.29) is 0 Å². The molecular formula is C15H23ClO2. The van der Waals surface area contributed by atoms with Gasteiger partial charge in [-0.25, -0.2) is 0 Å². The van der Waals surface area contributed by atoms with Crippen LogP contribution in [0.5, 0.6) is 0 Å². The highest BCUT2D eigenvalue weighted by Crippen LogP contribution is 2.27. The van der Waals surface area contributed by atoms with Crippen LogP contribution in [0, 0.1) is 0 Å². The van der Waals surface area contributed by atoms with Gasteiger partial charge in [0.05, 0.1) is 11.7 Å². The molecule has 0 heterocycles. The number of aliphatic hydroxyl groups excluding tert-OH is 1. The number of benzene rings is 1. The van der Waals surface area contributed by atoms with E-state index < -0.39 is 11.7 Å². The van der Waals surface area contributed by atoms with Crippen molar-refractivity contribution in [3.8, 4) is 0 Å². The third kappa shape index (κ3) is 3.71. The van der Waals surface area contributed by atoms with Crippen LogP contribution in [-0.2, 0) is 11.2 Å². The lowest BCUT2D eigenvalue weighted by Crippen LogP contribution is -2.45. The highest BCUT2D eigenvalue weighted by molar-refractivity contribution is 6.30. The molecule has 2 nitrogen and oxygen atoms in total. The van der Waals surface area contributed by atoms with Gasteiger partial charge in [0.25, 0.3) is 0 Å². The van der Waals surface area contributed by atoms with E-state index in [1.807, 2.05) is 31.2 Å². The Morgan fingerprint density at radius 3 is 2.44 bits per heavy atom. The normalized spacial score (nSPS) is 13.6. The van der Waals surface area contributed by atoms with E-state index in [0.717, 1.165) is 18.4 Å². The van der Waals surface area contributed by atoms with Crippen molar-refractivity contribution in [1.29, 1.82) is 0 Å². The predicted octanol–water partition coefficient (Wildman–Crippen LogP) is 3.84. The topological polar surface area (TPSA) is 29.5 Å². The molecule has 102 valence electrons. The summed E-state index contributed by atoms with van der Waals surface area (Å²) in [6.45, 7) is 6.70. The molecule has 0 saturated carbocycles. The zero-order valence-corrected chi connectivity index (χ0v) is 12.2. The lowest BCUT2D eigenvalue weighted by Gasteiger charge is -2.36. The average Bonchev–Trinajstić information content (AvgIpc) is 2.36. The van der Waals surface area contributed by atoms with Crippen LogP contribution < -0.4 is 0 Å². The first kappa shape index (κ1) is 15.5. The van der Waals surface area contributed by atoms with Crippen molar-refractivity contribution in [2.75, 3.05) is 6.61 Å². The molecule has 0 spiro atoms. The number of hydrogen-bond acceptors (Lipinski definition) is 2. The van der Waals surface area contributed by atoms with E-state index in [0.29, 0.717) is 18.1 Å². The maximum Gasteiger partial charge on any atom is 0.0938 e. The minimum atomic E-state index is -0.508. The van der Waals surface area contributed by atoms with Gasteiger partial charge in [0, 0.05) is 18.1 Å². The number of rotatable bonds is 7. The molecule has 1 aromatic carbocycles. The van der Waals surface area contributed by atoms with E-state index in [2.05, 4.69) is 13.8 Å². The van der Waals surface area contributed by atoms with E-state index in [1.54, 1.807) is 0 Å². The second-order valence-electron chi connectivity index (χ2n) is 4.55. The lowest BCUT2D eigenvalue weighted by atomic mass is 9.86. The van der Waals surface area contributed by atoms with Gasteiger partial charge < -0.3 is 9.84 Å². The van der Waals surface area contributed by atoms with Crippen molar-refractivity contribution in [3.63, 3.8) is 0 Å². The summed E-state index contributed by atoms with van der Waals surface area (Å²) >= 11 is 5.96. The number of halogens is 1. The minimum Gasteiger partial charge on any atom is -0.390 e. The largest absolute Gasteiger partial charge is 0.390 e. The van der Waals surface area contributed by atoms with Gasteiger partial charge in [-0.3, -0.25) is 0 Å². The molecule has 0 aliphatic carbocycles. The van der Waals surface area contributed by atoms with Crippen molar-refractivity contribution < 1.29 is 9.84 Å². The van der Waals surface area contributed by atoms with Gasteiger partial charge in [-0.1, -0.05) is 37.6 Å². The number of aliphatic hydroxyl groups is 1. The average molecular weight is 271 g/mol. The Hall–Kier alpha value is -0.570. The van der Waals surface area contributed by atoms with E-state index in [1.165, 1.54) is 0 Å². The summed E-state index contributed by atoms with van der Waals surface area (Å²) in [6.07, 6.45) is 1.67. The van der Waals surface area contributed by atoms with Crippen LogP contribution in [0.2, 0.25) is 5.02 Å². The summed E-state index contributed by atoms with van der Waals surface area (Å²) in [5.74, 6) is 0. The second kappa shape index (κ2) is 7.13. The van der Waals surface area contributed by atoms with Crippen LogP contribution in [0.1, 0.15) is 39.2 Å². The zero-order chi connectivity index (χ0) is 13.6. The van der Waals surface area contributed by atoms with Crippen LogP contribution in [0.15, 0.2) is 24.3 Å². The van der Waals surface area contributed by atoms with Crippen LogP contribution >= 0.6 is 11.6 Å². The zero-order valence-electron chi connectivity index (χ0n) is 11.4. The maximum atomic E-state index is 10.5. The highest BCUT2D eigenvalue weighted by Gasteiger charge is 2.35. The first-order valence-corrected chi connectivity index (χ1v) is 7.02. The van der Waals surface area contributed by atoms with E-state index in [4.69, 9.17) is 16.3 Å². The first-order valence-electron chi connectivity index (χ1n) is 6.64. The molecular weight excluding hydrogens is 248 g/mol. The summed E-state index contributed by atoms with van der Waals surface area (Å²) in [5, 5.41) is 11.2. The highest BCUT2D eigenvalue weighted by atomic mass is 35.5. The molecule has 3 heteroatoms. The van der Waals surface area contributed by atoms with Crippen molar-refractivity contribution in [2.45, 2.75) is 51.7 Å². The molecule has 1 unspecified atom stereocenters.